The molecule has 0 spiro atoms. The molecule has 2 fully saturated rings. The van der Waals surface area contributed by atoms with Crippen LogP contribution in [0.1, 0.15) is 30.4 Å². The van der Waals surface area contributed by atoms with Crippen molar-refractivity contribution in [3.8, 4) is 5.75 Å². The van der Waals surface area contributed by atoms with Gasteiger partial charge in [0.2, 0.25) is 5.78 Å². The number of aliphatic hydroxyl groups excluding tert-OH is 2. The Kier molecular flexibility index (Phi) is 5.27. The first-order valence-corrected chi connectivity index (χ1v) is 11.3. The lowest BCUT2D eigenvalue weighted by Gasteiger charge is -2.49. The average molecular weight is 470 g/mol. The summed E-state index contributed by atoms with van der Waals surface area (Å²) in [6, 6.07) is 3.41. The van der Waals surface area contributed by atoms with Gasteiger partial charge in [0.05, 0.1) is 11.6 Å². The van der Waals surface area contributed by atoms with Crippen molar-refractivity contribution in [3.63, 3.8) is 0 Å². The molecule has 1 aromatic rings. The van der Waals surface area contributed by atoms with E-state index in [1.165, 1.54) is 6.07 Å². The normalized spacial score (nSPS) is 31.7. The van der Waals surface area contributed by atoms with Crippen LogP contribution in [0.2, 0.25) is 0 Å². The maximum atomic E-state index is 13.7. The number of carbonyl (C=O) groups excluding carboxylic acids is 3. The molecule has 7 N–H and O–H groups in total. The average Bonchev–Trinajstić information content (AvgIpc) is 2.79. The molecule has 1 heterocycles. The number of phenolic OH excluding ortho intramolecular Hbond substituents is 1. The second kappa shape index (κ2) is 7.93. The highest BCUT2D eigenvalue weighted by molar-refractivity contribution is 6.24. The van der Waals surface area contributed by atoms with Crippen LogP contribution in [0.15, 0.2) is 35.1 Å². The number of ketones is 2. The Morgan fingerprint density at radius 3 is 2.53 bits per heavy atom. The molecule has 0 aromatic heterocycles. The molecule has 0 radical (unpaired) electrons. The standard InChI is InChI=1S/C24H26N2O8/c25-23(32)17-20(29)18(26-12-4-6-34-7-5-12)13-9-11-8-10-2-1-3-14(27)15(10)19(28)16(11)21(30)24(13,33)22(17)31/h1-3,11-13,18,26-28,31,33H,4-9H2,(H2,25,32). The van der Waals surface area contributed by atoms with Gasteiger partial charge in [0.25, 0.3) is 5.91 Å². The van der Waals surface area contributed by atoms with Gasteiger partial charge in [0.15, 0.2) is 11.4 Å². The van der Waals surface area contributed by atoms with E-state index >= 15 is 0 Å². The second-order valence-corrected chi connectivity index (χ2v) is 9.40. The quantitative estimate of drug-likeness (QED) is 0.336. The molecule has 1 saturated carbocycles. The van der Waals surface area contributed by atoms with E-state index < -0.39 is 58.0 Å². The number of hydrogen-bond acceptors (Lipinski definition) is 9. The summed E-state index contributed by atoms with van der Waals surface area (Å²) in [5, 5.41) is 46.9. The van der Waals surface area contributed by atoms with Crippen molar-refractivity contribution in [2.45, 2.75) is 43.4 Å². The minimum atomic E-state index is -2.64. The summed E-state index contributed by atoms with van der Waals surface area (Å²) in [6.07, 6.45) is 1.53. The lowest BCUT2D eigenvalue weighted by Crippen LogP contribution is -2.67. The summed E-state index contributed by atoms with van der Waals surface area (Å²) in [7, 11) is 0. The third-order valence-electron chi connectivity index (χ3n) is 7.57. The first-order chi connectivity index (χ1) is 16.2. The SMILES string of the molecule is NC(=O)C1=C(O)C2(O)C(=O)C3=C(O)c4c(O)cccc4CC3CC2C(NC2CCOCC2)C1=O. The Morgan fingerprint density at radius 2 is 1.85 bits per heavy atom. The van der Waals surface area contributed by atoms with Crippen LogP contribution >= 0.6 is 0 Å². The van der Waals surface area contributed by atoms with Crippen molar-refractivity contribution in [3.05, 3.63) is 46.2 Å². The van der Waals surface area contributed by atoms with Crippen LogP contribution in [0.25, 0.3) is 5.76 Å². The van der Waals surface area contributed by atoms with Gasteiger partial charge in [-0.15, -0.1) is 0 Å². The monoisotopic (exact) mass is 470 g/mol. The molecule has 5 rings (SSSR count). The largest absolute Gasteiger partial charge is 0.508 e. The van der Waals surface area contributed by atoms with E-state index in [9.17, 15) is 34.8 Å². The third-order valence-corrected chi connectivity index (χ3v) is 7.57. The molecule has 1 saturated heterocycles. The highest BCUT2D eigenvalue weighted by Gasteiger charge is 2.63. The minimum absolute atomic E-state index is 0.0689. The molecule has 4 aliphatic rings. The Balaban J connectivity index is 1.65. The smallest absolute Gasteiger partial charge is 0.255 e. The third kappa shape index (κ3) is 3.09. The summed E-state index contributed by atoms with van der Waals surface area (Å²) >= 11 is 0. The number of primary amides is 1. The van der Waals surface area contributed by atoms with E-state index in [1.807, 2.05) is 0 Å². The Labute approximate surface area is 194 Å². The number of phenols is 1. The predicted octanol–water partition coefficient (Wildman–Crippen LogP) is 0.171. The van der Waals surface area contributed by atoms with Gasteiger partial charge in [-0.3, -0.25) is 14.4 Å². The maximum Gasteiger partial charge on any atom is 0.255 e. The van der Waals surface area contributed by atoms with Crippen molar-refractivity contribution in [1.29, 1.82) is 0 Å². The van der Waals surface area contributed by atoms with Crippen LogP contribution in [0, 0.1) is 11.8 Å². The molecule has 10 nitrogen and oxygen atoms in total. The molecule has 180 valence electrons. The first kappa shape index (κ1) is 22.6. The fourth-order valence-electron chi connectivity index (χ4n) is 5.92. The van der Waals surface area contributed by atoms with Crippen LogP contribution in [-0.2, 0) is 25.5 Å². The van der Waals surface area contributed by atoms with Crippen molar-refractivity contribution >= 4 is 23.2 Å². The van der Waals surface area contributed by atoms with Gasteiger partial charge in [0.1, 0.15) is 22.8 Å². The van der Waals surface area contributed by atoms with Gasteiger partial charge in [0, 0.05) is 30.7 Å². The number of aromatic hydroxyl groups is 1. The van der Waals surface area contributed by atoms with Crippen molar-refractivity contribution in [1.82, 2.24) is 5.32 Å². The number of fused-ring (bicyclic) bond motifs is 3. The highest BCUT2D eigenvalue weighted by Crippen LogP contribution is 2.52. The Hall–Kier alpha value is -3.21. The van der Waals surface area contributed by atoms with Crippen LogP contribution in [-0.4, -0.2) is 68.8 Å². The Bertz CT molecular complexity index is 1170. The van der Waals surface area contributed by atoms with Crippen molar-refractivity contribution < 1.29 is 39.5 Å². The molecule has 3 aliphatic carbocycles. The summed E-state index contributed by atoms with van der Waals surface area (Å²) in [6.45, 7) is 0.944. The number of benzene rings is 1. The number of hydrogen-bond donors (Lipinski definition) is 6. The number of rotatable bonds is 3. The van der Waals surface area contributed by atoms with Crippen molar-refractivity contribution in [2.75, 3.05) is 13.2 Å². The topological polar surface area (TPSA) is 179 Å². The fraction of sp³-hybridized carbons (Fsp3) is 0.458. The predicted molar refractivity (Wildman–Crippen MR) is 118 cm³/mol. The fourth-order valence-corrected chi connectivity index (χ4v) is 5.92. The van der Waals surface area contributed by atoms with Gasteiger partial charge < -0.3 is 36.2 Å². The zero-order chi connectivity index (χ0) is 24.4. The molecule has 1 aliphatic heterocycles. The molecule has 1 aromatic carbocycles. The zero-order valence-corrected chi connectivity index (χ0v) is 18.3. The van der Waals surface area contributed by atoms with E-state index in [-0.39, 0.29) is 35.8 Å². The molecular formula is C24H26N2O8. The van der Waals surface area contributed by atoms with Crippen LogP contribution < -0.4 is 11.1 Å². The van der Waals surface area contributed by atoms with E-state index in [1.54, 1.807) is 12.1 Å². The van der Waals surface area contributed by atoms with Gasteiger partial charge in [-0.1, -0.05) is 12.1 Å². The van der Waals surface area contributed by atoms with Crippen LogP contribution in [0.3, 0.4) is 0 Å². The molecule has 10 heteroatoms. The number of nitrogens with one attached hydrogen (secondary N) is 1. The second-order valence-electron chi connectivity index (χ2n) is 9.40. The summed E-state index contributed by atoms with van der Waals surface area (Å²) < 4.78 is 5.35. The van der Waals surface area contributed by atoms with E-state index in [0.29, 0.717) is 31.6 Å². The Morgan fingerprint density at radius 1 is 1.15 bits per heavy atom. The van der Waals surface area contributed by atoms with Gasteiger partial charge in [-0.2, -0.15) is 0 Å². The van der Waals surface area contributed by atoms with E-state index in [2.05, 4.69) is 5.32 Å². The van der Waals surface area contributed by atoms with Gasteiger partial charge in [-0.05, 0) is 43.2 Å². The number of carbonyl (C=O) groups is 3. The summed E-state index contributed by atoms with van der Waals surface area (Å²) in [4.78, 5) is 39.1. The van der Waals surface area contributed by atoms with Crippen LogP contribution in [0.5, 0.6) is 5.75 Å². The number of ether oxygens (including phenoxy) is 1. The van der Waals surface area contributed by atoms with Crippen LogP contribution in [0.4, 0.5) is 0 Å². The first-order valence-electron chi connectivity index (χ1n) is 11.3. The summed E-state index contributed by atoms with van der Waals surface area (Å²) in [5.74, 6) is -6.51. The van der Waals surface area contributed by atoms with Crippen molar-refractivity contribution in [2.24, 2.45) is 17.6 Å². The minimum Gasteiger partial charge on any atom is -0.508 e. The summed E-state index contributed by atoms with van der Waals surface area (Å²) in [5.41, 5.74) is 2.47. The van der Waals surface area contributed by atoms with Gasteiger partial charge in [-0.25, -0.2) is 0 Å². The van der Waals surface area contributed by atoms with E-state index in [0.717, 1.165) is 0 Å². The maximum absolute atomic E-state index is 13.7. The number of amides is 1. The lowest BCUT2D eigenvalue weighted by atomic mass is 9.57. The number of nitrogens with two attached hydrogens (primary N) is 1. The molecular weight excluding hydrogens is 444 g/mol. The molecule has 0 bridgehead atoms. The lowest BCUT2D eigenvalue weighted by molar-refractivity contribution is -0.150. The number of aliphatic hydroxyl groups is 3. The molecule has 4 unspecified atom stereocenters. The highest BCUT2D eigenvalue weighted by atomic mass is 16.5. The van der Waals surface area contributed by atoms with E-state index in [4.69, 9.17) is 10.5 Å². The molecule has 34 heavy (non-hydrogen) atoms. The van der Waals surface area contributed by atoms with Gasteiger partial charge >= 0.3 is 0 Å². The number of Topliss-reactive ketones (excluding diaryl/α,β-unsaturated/α-hetero) is 2. The zero-order valence-electron chi connectivity index (χ0n) is 18.3. The molecule has 4 atom stereocenters. The molecule has 1 amide bonds.